The molecule has 1 fully saturated rings. The van der Waals surface area contributed by atoms with Crippen LogP contribution in [0.2, 0.25) is 0 Å². The van der Waals surface area contributed by atoms with Crippen molar-refractivity contribution in [3.63, 3.8) is 0 Å². The summed E-state index contributed by atoms with van der Waals surface area (Å²) in [6, 6.07) is 7.44. The first-order valence-electron chi connectivity index (χ1n) is 9.62. The number of ether oxygens (including phenoxy) is 1. The van der Waals surface area contributed by atoms with Crippen LogP contribution in [0.4, 0.5) is 0 Å². The van der Waals surface area contributed by atoms with Crippen LogP contribution in [-0.4, -0.2) is 32.9 Å². The smallest absolute Gasteiger partial charge is 0.212 e. The first kappa shape index (κ1) is 21.2. The second kappa shape index (κ2) is 9.20. The van der Waals surface area contributed by atoms with Crippen molar-refractivity contribution in [1.29, 1.82) is 0 Å². The maximum atomic E-state index is 12.3. The highest BCUT2D eigenvalue weighted by atomic mass is 32.2. The molecule has 2 N–H and O–H groups in total. The van der Waals surface area contributed by atoms with Crippen molar-refractivity contribution in [2.45, 2.75) is 65.0 Å². The van der Waals surface area contributed by atoms with E-state index in [2.05, 4.69) is 30.8 Å². The molecule has 1 atom stereocenters. The average molecular weight is 383 g/mol. The van der Waals surface area contributed by atoms with Crippen molar-refractivity contribution in [2.24, 2.45) is 5.92 Å². The fourth-order valence-electron chi connectivity index (χ4n) is 2.65. The number of unbranched alkanes of at least 4 members (excludes halogenated alkanes) is 1. The van der Waals surface area contributed by atoms with Crippen molar-refractivity contribution in [3.05, 3.63) is 29.8 Å². The van der Waals surface area contributed by atoms with Crippen LogP contribution in [0.25, 0.3) is 0 Å². The van der Waals surface area contributed by atoms with Gasteiger partial charge in [0, 0.05) is 11.6 Å². The average Bonchev–Trinajstić information content (AvgIpc) is 3.35. The van der Waals surface area contributed by atoms with Gasteiger partial charge < -0.3 is 10.1 Å². The fraction of sp³-hybridized carbons (Fsp3) is 0.700. The first-order chi connectivity index (χ1) is 12.1. The molecule has 6 heteroatoms. The van der Waals surface area contributed by atoms with E-state index in [0.717, 1.165) is 30.9 Å². The highest BCUT2D eigenvalue weighted by Gasteiger charge is 2.22. The zero-order valence-electron chi connectivity index (χ0n) is 16.5. The Hall–Kier alpha value is -1.11. The van der Waals surface area contributed by atoms with Crippen LogP contribution in [0.1, 0.15) is 65.0 Å². The second-order valence-corrected chi connectivity index (χ2v) is 10.2. The molecule has 0 spiro atoms. The Bertz CT molecular complexity index is 664. The van der Waals surface area contributed by atoms with Gasteiger partial charge in [0.05, 0.1) is 12.4 Å². The molecule has 148 valence electrons. The fourth-order valence-corrected chi connectivity index (χ4v) is 4.03. The standard InChI is InChI=1S/C20H34N2O3S/c1-16(18-8-7-9-19(14-18)25-15-17-10-11-17)22-26(23,24)13-6-5-12-21-20(2,3)4/h7-9,14,16-17,21-22H,5-6,10-13,15H2,1-4H3/t16-/m1/s1. The van der Waals surface area contributed by atoms with E-state index in [0.29, 0.717) is 12.3 Å². The molecular formula is C20H34N2O3S. The lowest BCUT2D eigenvalue weighted by atomic mass is 10.1. The zero-order chi connectivity index (χ0) is 19.2. The molecule has 0 aliphatic heterocycles. The molecule has 0 saturated heterocycles. The Morgan fingerprint density at radius 2 is 1.96 bits per heavy atom. The highest BCUT2D eigenvalue weighted by Crippen LogP contribution is 2.30. The molecule has 0 heterocycles. The Kier molecular flexibility index (Phi) is 7.50. The van der Waals surface area contributed by atoms with Crippen LogP contribution in [0.5, 0.6) is 5.75 Å². The molecule has 0 aromatic heterocycles. The summed E-state index contributed by atoms with van der Waals surface area (Å²) in [6.45, 7) is 9.78. The Morgan fingerprint density at radius 3 is 2.62 bits per heavy atom. The van der Waals surface area contributed by atoms with Gasteiger partial charge in [0.25, 0.3) is 0 Å². The predicted octanol–water partition coefficient (Wildman–Crippen LogP) is 3.62. The van der Waals surface area contributed by atoms with E-state index >= 15 is 0 Å². The maximum Gasteiger partial charge on any atom is 0.212 e. The molecular weight excluding hydrogens is 348 g/mol. The number of hydrogen-bond donors (Lipinski definition) is 2. The zero-order valence-corrected chi connectivity index (χ0v) is 17.4. The quantitative estimate of drug-likeness (QED) is 0.574. The van der Waals surface area contributed by atoms with Crippen LogP contribution in [0.15, 0.2) is 24.3 Å². The van der Waals surface area contributed by atoms with Gasteiger partial charge in [0.2, 0.25) is 10.0 Å². The van der Waals surface area contributed by atoms with Gasteiger partial charge in [-0.25, -0.2) is 13.1 Å². The lowest BCUT2D eigenvalue weighted by Gasteiger charge is -2.20. The van der Waals surface area contributed by atoms with Crippen molar-refractivity contribution in [1.82, 2.24) is 10.0 Å². The minimum Gasteiger partial charge on any atom is -0.493 e. The molecule has 0 bridgehead atoms. The molecule has 1 aliphatic rings. The third-order valence-electron chi connectivity index (χ3n) is 4.39. The number of sulfonamides is 1. The molecule has 0 radical (unpaired) electrons. The Labute approximate surface area is 159 Å². The summed E-state index contributed by atoms with van der Waals surface area (Å²) >= 11 is 0. The van der Waals surface area contributed by atoms with Crippen LogP contribution in [0, 0.1) is 5.92 Å². The van der Waals surface area contributed by atoms with E-state index in [1.165, 1.54) is 12.8 Å². The van der Waals surface area contributed by atoms with Crippen molar-refractivity contribution < 1.29 is 13.2 Å². The topological polar surface area (TPSA) is 67.4 Å². The molecule has 1 aliphatic carbocycles. The molecule has 2 rings (SSSR count). The van der Waals surface area contributed by atoms with Crippen molar-refractivity contribution in [2.75, 3.05) is 18.9 Å². The van der Waals surface area contributed by atoms with Gasteiger partial charge in [-0.15, -0.1) is 0 Å². The summed E-state index contributed by atoms with van der Waals surface area (Å²) < 4.78 is 33.2. The molecule has 0 unspecified atom stereocenters. The van der Waals surface area contributed by atoms with E-state index in [-0.39, 0.29) is 17.3 Å². The number of benzene rings is 1. The Morgan fingerprint density at radius 1 is 1.23 bits per heavy atom. The van der Waals surface area contributed by atoms with E-state index in [4.69, 9.17) is 4.74 Å². The van der Waals surface area contributed by atoms with E-state index in [1.54, 1.807) is 0 Å². The molecule has 1 saturated carbocycles. The molecule has 5 nitrogen and oxygen atoms in total. The summed E-state index contributed by atoms with van der Waals surface area (Å²) in [5, 5.41) is 3.38. The second-order valence-electron chi connectivity index (χ2n) is 8.37. The van der Waals surface area contributed by atoms with Crippen LogP contribution >= 0.6 is 0 Å². The van der Waals surface area contributed by atoms with Gasteiger partial charge in [0.1, 0.15) is 5.75 Å². The molecule has 1 aromatic rings. The normalized spacial score (nSPS) is 16.5. The monoisotopic (exact) mass is 382 g/mol. The van der Waals surface area contributed by atoms with E-state index in [9.17, 15) is 8.42 Å². The number of hydrogen-bond acceptors (Lipinski definition) is 4. The first-order valence-corrected chi connectivity index (χ1v) is 11.3. The third-order valence-corrected chi connectivity index (χ3v) is 5.93. The summed E-state index contributed by atoms with van der Waals surface area (Å²) in [4.78, 5) is 0. The number of rotatable bonds is 11. The van der Waals surface area contributed by atoms with E-state index in [1.807, 2.05) is 31.2 Å². The van der Waals surface area contributed by atoms with Crippen LogP contribution in [0.3, 0.4) is 0 Å². The highest BCUT2D eigenvalue weighted by molar-refractivity contribution is 7.89. The van der Waals surface area contributed by atoms with Gasteiger partial charge in [-0.1, -0.05) is 12.1 Å². The van der Waals surface area contributed by atoms with Crippen LogP contribution < -0.4 is 14.8 Å². The SMILES string of the molecule is C[C@@H](NS(=O)(=O)CCCCNC(C)(C)C)c1cccc(OCC2CC2)c1. The van der Waals surface area contributed by atoms with Gasteiger partial charge in [0.15, 0.2) is 0 Å². The lowest BCUT2D eigenvalue weighted by molar-refractivity contribution is 0.299. The third kappa shape index (κ3) is 8.52. The summed E-state index contributed by atoms with van der Waals surface area (Å²) in [6.07, 6.45) is 4.00. The summed E-state index contributed by atoms with van der Waals surface area (Å²) in [5.74, 6) is 1.66. The number of nitrogens with one attached hydrogen (secondary N) is 2. The Balaban J connectivity index is 1.77. The predicted molar refractivity (Wildman–Crippen MR) is 107 cm³/mol. The summed E-state index contributed by atoms with van der Waals surface area (Å²) in [5.41, 5.74) is 0.995. The minimum absolute atomic E-state index is 0.0677. The molecule has 1 aromatic carbocycles. The van der Waals surface area contributed by atoms with Crippen molar-refractivity contribution in [3.8, 4) is 5.75 Å². The lowest BCUT2D eigenvalue weighted by Crippen LogP contribution is -2.36. The van der Waals surface area contributed by atoms with Crippen LogP contribution in [-0.2, 0) is 10.0 Å². The molecule has 26 heavy (non-hydrogen) atoms. The van der Waals surface area contributed by atoms with Gasteiger partial charge >= 0.3 is 0 Å². The largest absolute Gasteiger partial charge is 0.493 e. The van der Waals surface area contributed by atoms with Gasteiger partial charge in [-0.05, 0) is 83.5 Å². The van der Waals surface area contributed by atoms with E-state index < -0.39 is 10.0 Å². The maximum absolute atomic E-state index is 12.3. The molecule has 0 amide bonds. The minimum atomic E-state index is -3.29. The summed E-state index contributed by atoms with van der Waals surface area (Å²) in [7, 11) is -3.29. The van der Waals surface area contributed by atoms with Gasteiger partial charge in [-0.2, -0.15) is 0 Å². The van der Waals surface area contributed by atoms with Crippen molar-refractivity contribution >= 4 is 10.0 Å². The van der Waals surface area contributed by atoms with Gasteiger partial charge in [-0.3, -0.25) is 0 Å².